The van der Waals surface area contributed by atoms with Crippen LogP contribution in [0.1, 0.15) is 5.56 Å². The van der Waals surface area contributed by atoms with E-state index in [1.807, 2.05) is 6.07 Å². The number of hydrogen-bond donors (Lipinski definition) is 1. The van der Waals surface area contributed by atoms with Gasteiger partial charge in [0.15, 0.2) is 0 Å². The predicted molar refractivity (Wildman–Crippen MR) is 69.0 cm³/mol. The topological polar surface area (TPSA) is 95.7 Å². The Bertz CT molecular complexity index is 755. The molecule has 0 aliphatic heterocycles. The van der Waals surface area contributed by atoms with E-state index < -0.39 is 10.0 Å². The number of sulfonamides is 1. The van der Waals surface area contributed by atoms with Gasteiger partial charge in [-0.2, -0.15) is 5.26 Å². The molecule has 8 heteroatoms. The van der Waals surface area contributed by atoms with Crippen LogP contribution in [0.5, 0.6) is 0 Å². The molecule has 0 bridgehead atoms. The Kier molecular flexibility index (Phi) is 3.64. The summed E-state index contributed by atoms with van der Waals surface area (Å²) in [5, 5.41) is 9.01. The van der Waals surface area contributed by atoms with Crippen LogP contribution >= 0.6 is 11.6 Å². The summed E-state index contributed by atoms with van der Waals surface area (Å²) >= 11 is 5.64. The smallest absolute Gasteiger partial charge is 0.247 e. The van der Waals surface area contributed by atoms with Gasteiger partial charge in [-0.3, -0.25) is 0 Å². The lowest BCUT2D eigenvalue weighted by molar-refractivity contribution is 0.600. The van der Waals surface area contributed by atoms with Gasteiger partial charge in [0.2, 0.25) is 5.95 Å². The minimum absolute atomic E-state index is 0.0389. The number of nitrogens with zero attached hydrogens (tertiary/aromatic N) is 3. The molecule has 0 saturated carbocycles. The molecule has 0 spiro atoms. The molecule has 0 aliphatic carbocycles. The molecular formula is C11H7ClN4O2S. The third-order valence-electron chi connectivity index (χ3n) is 2.14. The fourth-order valence-corrected chi connectivity index (χ4v) is 2.60. The second-order valence-corrected chi connectivity index (χ2v) is 5.45. The van der Waals surface area contributed by atoms with Crippen molar-refractivity contribution in [3.63, 3.8) is 0 Å². The van der Waals surface area contributed by atoms with Crippen LogP contribution < -0.4 is 4.72 Å². The Labute approximate surface area is 114 Å². The van der Waals surface area contributed by atoms with E-state index in [-0.39, 0.29) is 21.6 Å². The van der Waals surface area contributed by atoms with E-state index in [4.69, 9.17) is 16.9 Å². The first-order valence-corrected chi connectivity index (χ1v) is 6.89. The maximum atomic E-state index is 12.1. The number of aromatic nitrogens is 2. The molecule has 96 valence electrons. The molecule has 0 aliphatic rings. The summed E-state index contributed by atoms with van der Waals surface area (Å²) in [4.78, 5) is 7.32. The van der Waals surface area contributed by atoms with Crippen LogP contribution in [0, 0.1) is 11.3 Å². The van der Waals surface area contributed by atoms with Crippen LogP contribution in [0.3, 0.4) is 0 Å². The Morgan fingerprint density at radius 3 is 2.68 bits per heavy atom. The molecule has 0 saturated heterocycles. The number of anilines is 1. The highest BCUT2D eigenvalue weighted by Gasteiger charge is 2.19. The van der Waals surface area contributed by atoms with Crippen molar-refractivity contribution < 1.29 is 8.42 Å². The van der Waals surface area contributed by atoms with Gasteiger partial charge in [0.05, 0.1) is 5.56 Å². The van der Waals surface area contributed by atoms with E-state index in [0.717, 1.165) is 0 Å². The molecule has 1 aromatic heterocycles. The molecule has 0 atom stereocenters. The Morgan fingerprint density at radius 1 is 1.26 bits per heavy atom. The number of hydrogen-bond acceptors (Lipinski definition) is 5. The summed E-state index contributed by atoms with van der Waals surface area (Å²) in [6.45, 7) is 0. The number of halogens is 1. The fraction of sp³-hybridized carbons (Fsp3) is 0. The monoisotopic (exact) mass is 294 g/mol. The number of nitriles is 1. The molecule has 19 heavy (non-hydrogen) atoms. The van der Waals surface area contributed by atoms with Gasteiger partial charge >= 0.3 is 0 Å². The minimum atomic E-state index is -3.93. The first-order valence-electron chi connectivity index (χ1n) is 5.03. The summed E-state index contributed by atoms with van der Waals surface area (Å²) in [6.07, 6.45) is 1.32. The van der Waals surface area contributed by atoms with Crippen molar-refractivity contribution in [2.75, 3.05) is 4.72 Å². The molecule has 0 amide bonds. The first-order chi connectivity index (χ1) is 9.03. The third-order valence-corrected chi connectivity index (χ3v) is 3.74. The summed E-state index contributed by atoms with van der Waals surface area (Å²) in [5.74, 6) is -0.153. The summed E-state index contributed by atoms with van der Waals surface area (Å²) in [6, 6.07) is 9.07. The molecule has 1 N–H and O–H groups in total. The molecule has 1 aromatic carbocycles. The number of rotatable bonds is 3. The van der Waals surface area contributed by atoms with E-state index in [1.54, 1.807) is 6.07 Å². The average Bonchev–Trinajstić information content (AvgIpc) is 2.38. The van der Waals surface area contributed by atoms with E-state index >= 15 is 0 Å². The summed E-state index contributed by atoms with van der Waals surface area (Å²) in [5.41, 5.74) is 0.0389. The Balaban J connectivity index is 2.41. The van der Waals surface area contributed by atoms with Crippen LogP contribution in [0.2, 0.25) is 5.15 Å². The van der Waals surface area contributed by atoms with E-state index in [1.165, 1.54) is 30.5 Å². The van der Waals surface area contributed by atoms with Crippen LogP contribution in [0.4, 0.5) is 5.95 Å². The van der Waals surface area contributed by atoms with Crippen LogP contribution in [-0.2, 0) is 10.0 Å². The van der Waals surface area contributed by atoms with Crippen molar-refractivity contribution in [3.05, 3.63) is 47.2 Å². The van der Waals surface area contributed by atoms with Crippen molar-refractivity contribution in [2.45, 2.75) is 4.90 Å². The zero-order valence-electron chi connectivity index (χ0n) is 9.41. The largest absolute Gasteiger partial charge is 0.265 e. The maximum absolute atomic E-state index is 12.1. The van der Waals surface area contributed by atoms with Gasteiger partial charge in [-0.25, -0.2) is 23.1 Å². The second kappa shape index (κ2) is 5.22. The molecule has 0 radical (unpaired) electrons. The molecule has 0 unspecified atom stereocenters. The van der Waals surface area contributed by atoms with Gasteiger partial charge in [-0.15, -0.1) is 0 Å². The van der Waals surface area contributed by atoms with Crippen molar-refractivity contribution in [1.82, 2.24) is 9.97 Å². The zero-order chi connectivity index (χ0) is 13.9. The quantitative estimate of drug-likeness (QED) is 0.871. The van der Waals surface area contributed by atoms with E-state index in [0.29, 0.717) is 0 Å². The maximum Gasteiger partial charge on any atom is 0.265 e. The van der Waals surface area contributed by atoms with Gasteiger partial charge in [-0.1, -0.05) is 23.7 Å². The molecule has 6 nitrogen and oxygen atoms in total. The Hall–Kier alpha value is -2.17. The van der Waals surface area contributed by atoms with Gasteiger partial charge < -0.3 is 0 Å². The van der Waals surface area contributed by atoms with Gasteiger partial charge in [-0.05, 0) is 18.2 Å². The standard InChI is InChI=1S/C11H7ClN4O2S/c12-10-5-6-14-11(15-10)16-19(17,18)9-4-2-1-3-8(9)7-13/h1-6H,(H,14,15,16). The van der Waals surface area contributed by atoms with Gasteiger partial charge in [0.25, 0.3) is 10.0 Å². The zero-order valence-corrected chi connectivity index (χ0v) is 11.0. The highest BCUT2D eigenvalue weighted by Crippen LogP contribution is 2.17. The van der Waals surface area contributed by atoms with Crippen molar-refractivity contribution in [2.24, 2.45) is 0 Å². The van der Waals surface area contributed by atoms with Crippen LogP contribution in [0.15, 0.2) is 41.4 Å². The minimum Gasteiger partial charge on any atom is -0.247 e. The molecule has 0 fully saturated rings. The number of nitrogens with one attached hydrogen (secondary N) is 1. The fourth-order valence-electron chi connectivity index (χ4n) is 1.35. The second-order valence-electron chi connectivity index (χ2n) is 3.42. The van der Waals surface area contributed by atoms with Gasteiger partial charge in [0.1, 0.15) is 16.1 Å². The lowest BCUT2D eigenvalue weighted by atomic mass is 10.2. The first kappa shape index (κ1) is 13.3. The summed E-state index contributed by atoms with van der Waals surface area (Å²) < 4.78 is 26.4. The lowest BCUT2D eigenvalue weighted by Crippen LogP contribution is -2.16. The van der Waals surface area contributed by atoms with E-state index in [9.17, 15) is 8.42 Å². The van der Waals surface area contributed by atoms with Crippen molar-refractivity contribution in [1.29, 1.82) is 5.26 Å². The number of benzene rings is 1. The Morgan fingerprint density at radius 2 is 2.00 bits per heavy atom. The van der Waals surface area contributed by atoms with Gasteiger partial charge in [0, 0.05) is 6.20 Å². The third kappa shape index (κ3) is 2.99. The highest BCUT2D eigenvalue weighted by molar-refractivity contribution is 7.92. The highest BCUT2D eigenvalue weighted by atomic mass is 35.5. The normalized spacial score (nSPS) is 10.7. The summed E-state index contributed by atoms with van der Waals surface area (Å²) in [7, 11) is -3.93. The van der Waals surface area contributed by atoms with Crippen molar-refractivity contribution in [3.8, 4) is 6.07 Å². The molecule has 1 heterocycles. The van der Waals surface area contributed by atoms with E-state index in [2.05, 4.69) is 14.7 Å². The predicted octanol–water partition coefficient (Wildman–Crippen LogP) is 1.80. The molecule has 2 rings (SSSR count). The lowest BCUT2D eigenvalue weighted by Gasteiger charge is -2.07. The SMILES string of the molecule is N#Cc1ccccc1S(=O)(=O)Nc1nccc(Cl)n1. The average molecular weight is 295 g/mol. The molecular weight excluding hydrogens is 288 g/mol. The van der Waals surface area contributed by atoms with Crippen LogP contribution in [-0.4, -0.2) is 18.4 Å². The van der Waals surface area contributed by atoms with Crippen molar-refractivity contribution >= 4 is 27.6 Å². The molecule has 2 aromatic rings. The van der Waals surface area contributed by atoms with Crippen LogP contribution in [0.25, 0.3) is 0 Å².